The Morgan fingerprint density at radius 1 is 1.29 bits per heavy atom. The molecule has 0 bridgehead atoms. The minimum absolute atomic E-state index is 0.141. The second-order valence-electron chi connectivity index (χ2n) is 4.47. The molecule has 0 fully saturated rings. The van der Waals surface area contributed by atoms with Crippen molar-refractivity contribution in [2.24, 2.45) is 11.7 Å². The average Bonchev–Trinajstić information content (AvgIpc) is 2.32. The van der Waals surface area contributed by atoms with Crippen molar-refractivity contribution >= 4 is 0 Å². The molecule has 0 aliphatic rings. The number of aryl methyl sites for hydroxylation is 2. The summed E-state index contributed by atoms with van der Waals surface area (Å²) in [5.74, 6) is 1.09. The van der Waals surface area contributed by atoms with Gasteiger partial charge in [-0.2, -0.15) is 0 Å². The van der Waals surface area contributed by atoms with Crippen LogP contribution in [0.3, 0.4) is 0 Å². The SMILES string of the molecule is CCOc1cc(C)c(CC(CN)CO)cc1C. The van der Waals surface area contributed by atoms with Crippen molar-refractivity contribution in [1.82, 2.24) is 0 Å². The summed E-state index contributed by atoms with van der Waals surface area (Å²) in [5, 5.41) is 9.18. The Bertz CT molecular complexity index is 359. The summed E-state index contributed by atoms with van der Waals surface area (Å²) in [5.41, 5.74) is 9.20. The van der Waals surface area contributed by atoms with Crippen molar-refractivity contribution in [2.45, 2.75) is 27.2 Å². The van der Waals surface area contributed by atoms with Gasteiger partial charge in [-0.3, -0.25) is 0 Å². The Kier molecular flexibility index (Phi) is 5.45. The third kappa shape index (κ3) is 3.72. The number of rotatable bonds is 6. The fourth-order valence-electron chi connectivity index (χ4n) is 1.91. The number of aliphatic hydroxyl groups is 1. The van der Waals surface area contributed by atoms with Gasteiger partial charge in [0.15, 0.2) is 0 Å². The maximum atomic E-state index is 9.18. The molecule has 0 radical (unpaired) electrons. The summed E-state index contributed by atoms with van der Waals surface area (Å²) in [6.45, 7) is 7.44. The molecule has 1 unspecified atom stereocenters. The highest BCUT2D eigenvalue weighted by atomic mass is 16.5. The lowest BCUT2D eigenvalue weighted by atomic mass is 9.95. The van der Waals surface area contributed by atoms with Crippen LogP contribution in [-0.4, -0.2) is 24.9 Å². The Morgan fingerprint density at radius 3 is 2.53 bits per heavy atom. The lowest BCUT2D eigenvalue weighted by Crippen LogP contribution is -2.20. The van der Waals surface area contributed by atoms with Crippen molar-refractivity contribution in [2.75, 3.05) is 19.8 Å². The number of nitrogens with two attached hydrogens (primary N) is 1. The lowest BCUT2D eigenvalue weighted by Gasteiger charge is -2.16. The van der Waals surface area contributed by atoms with Crippen LogP contribution in [-0.2, 0) is 6.42 Å². The van der Waals surface area contributed by atoms with E-state index in [2.05, 4.69) is 19.1 Å². The molecule has 1 rings (SSSR count). The molecule has 3 nitrogen and oxygen atoms in total. The zero-order valence-electron chi connectivity index (χ0n) is 11.0. The van der Waals surface area contributed by atoms with Crippen LogP contribution in [0.15, 0.2) is 12.1 Å². The van der Waals surface area contributed by atoms with Gasteiger partial charge >= 0.3 is 0 Å². The number of hydrogen-bond acceptors (Lipinski definition) is 3. The van der Waals surface area contributed by atoms with Gasteiger partial charge in [-0.1, -0.05) is 6.07 Å². The fraction of sp³-hybridized carbons (Fsp3) is 0.571. The van der Waals surface area contributed by atoms with E-state index < -0.39 is 0 Å². The molecule has 0 heterocycles. The first-order chi connectivity index (χ1) is 8.12. The van der Waals surface area contributed by atoms with Crippen LogP contribution >= 0.6 is 0 Å². The van der Waals surface area contributed by atoms with Crippen molar-refractivity contribution in [1.29, 1.82) is 0 Å². The monoisotopic (exact) mass is 237 g/mol. The Hall–Kier alpha value is -1.06. The molecule has 3 heteroatoms. The first-order valence-electron chi connectivity index (χ1n) is 6.16. The van der Waals surface area contributed by atoms with Gasteiger partial charge in [-0.25, -0.2) is 0 Å². The van der Waals surface area contributed by atoms with Gasteiger partial charge in [-0.05, 0) is 62.4 Å². The molecule has 0 aliphatic heterocycles. The summed E-state index contributed by atoms with van der Waals surface area (Å²) < 4.78 is 5.56. The maximum absolute atomic E-state index is 9.18. The molecule has 0 aromatic heterocycles. The quantitative estimate of drug-likeness (QED) is 0.793. The highest BCUT2D eigenvalue weighted by molar-refractivity contribution is 5.41. The van der Waals surface area contributed by atoms with Gasteiger partial charge in [0, 0.05) is 6.61 Å². The summed E-state index contributed by atoms with van der Waals surface area (Å²) in [4.78, 5) is 0. The van der Waals surface area contributed by atoms with Crippen molar-refractivity contribution in [3.8, 4) is 5.75 Å². The summed E-state index contributed by atoms with van der Waals surface area (Å²) >= 11 is 0. The molecule has 0 saturated heterocycles. The van der Waals surface area contributed by atoms with Crippen LogP contribution in [0.25, 0.3) is 0 Å². The Balaban J connectivity index is 2.90. The van der Waals surface area contributed by atoms with E-state index in [0.717, 1.165) is 17.7 Å². The van der Waals surface area contributed by atoms with Crippen LogP contribution in [0.4, 0.5) is 0 Å². The standard InChI is InChI=1S/C14H23NO2/c1-4-17-14-6-10(2)13(5-11(14)3)7-12(8-15)9-16/h5-6,12,16H,4,7-9,15H2,1-3H3. The number of benzene rings is 1. The molecule has 0 amide bonds. The summed E-state index contributed by atoms with van der Waals surface area (Å²) in [6.07, 6.45) is 0.825. The molecule has 0 spiro atoms. The van der Waals surface area contributed by atoms with E-state index in [0.29, 0.717) is 13.2 Å². The predicted molar refractivity (Wildman–Crippen MR) is 70.4 cm³/mol. The highest BCUT2D eigenvalue weighted by Crippen LogP contribution is 2.24. The molecule has 1 atom stereocenters. The van der Waals surface area contributed by atoms with Crippen LogP contribution in [0, 0.1) is 19.8 Å². The van der Waals surface area contributed by atoms with Crippen LogP contribution < -0.4 is 10.5 Å². The van der Waals surface area contributed by atoms with Crippen molar-refractivity contribution < 1.29 is 9.84 Å². The van der Waals surface area contributed by atoms with E-state index in [1.165, 1.54) is 11.1 Å². The Labute approximate surface area is 104 Å². The first-order valence-corrected chi connectivity index (χ1v) is 6.16. The molecule has 96 valence electrons. The summed E-state index contributed by atoms with van der Waals surface area (Å²) in [6, 6.07) is 4.21. The third-order valence-corrected chi connectivity index (χ3v) is 3.03. The zero-order valence-corrected chi connectivity index (χ0v) is 11.0. The number of ether oxygens (including phenoxy) is 1. The average molecular weight is 237 g/mol. The molecule has 3 N–H and O–H groups in total. The third-order valence-electron chi connectivity index (χ3n) is 3.03. The van der Waals surface area contributed by atoms with Gasteiger partial charge in [0.2, 0.25) is 0 Å². The summed E-state index contributed by atoms with van der Waals surface area (Å²) in [7, 11) is 0. The second kappa shape index (κ2) is 6.62. The molecule has 17 heavy (non-hydrogen) atoms. The van der Waals surface area contributed by atoms with Gasteiger partial charge in [0.05, 0.1) is 6.61 Å². The van der Waals surface area contributed by atoms with E-state index in [1.54, 1.807) is 0 Å². The van der Waals surface area contributed by atoms with Gasteiger partial charge in [0.1, 0.15) is 5.75 Å². The van der Waals surface area contributed by atoms with Gasteiger partial charge in [-0.15, -0.1) is 0 Å². The van der Waals surface area contributed by atoms with Crippen LogP contribution in [0.2, 0.25) is 0 Å². The Morgan fingerprint density at radius 2 is 2.00 bits per heavy atom. The number of aliphatic hydroxyl groups excluding tert-OH is 1. The molecule has 1 aromatic rings. The first kappa shape index (κ1) is 14.0. The van der Waals surface area contributed by atoms with Gasteiger partial charge < -0.3 is 15.6 Å². The molecule has 1 aromatic carbocycles. The maximum Gasteiger partial charge on any atom is 0.122 e. The van der Waals surface area contributed by atoms with Crippen LogP contribution in [0.1, 0.15) is 23.6 Å². The minimum atomic E-state index is 0.141. The predicted octanol–water partition coefficient (Wildman–Crippen LogP) is 1.81. The minimum Gasteiger partial charge on any atom is -0.494 e. The van der Waals surface area contributed by atoms with E-state index in [4.69, 9.17) is 10.5 Å². The second-order valence-corrected chi connectivity index (χ2v) is 4.47. The topological polar surface area (TPSA) is 55.5 Å². The van der Waals surface area contributed by atoms with E-state index in [9.17, 15) is 5.11 Å². The number of hydrogen-bond donors (Lipinski definition) is 2. The van der Waals surface area contributed by atoms with E-state index in [-0.39, 0.29) is 12.5 Å². The van der Waals surface area contributed by atoms with Crippen molar-refractivity contribution in [3.63, 3.8) is 0 Å². The normalized spacial score (nSPS) is 12.5. The van der Waals surface area contributed by atoms with Crippen LogP contribution in [0.5, 0.6) is 5.75 Å². The lowest BCUT2D eigenvalue weighted by molar-refractivity contribution is 0.229. The molecule has 0 aliphatic carbocycles. The van der Waals surface area contributed by atoms with E-state index in [1.807, 2.05) is 13.8 Å². The molecular formula is C14H23NO2. The van der Waals surface area contributed by atoms with Gasteiger partial charge in [0.25, 0.3) is 0 Å². The zero-order chi connectivity index (χ0) is 12.8. The molecule has 0 saturated carbocycles. The molecular weight excluding hydrogens is 214 g/mol. The largest absolute Gasteiger partial charge is 0.494 e. The highest BCUT2D eigenvalue weighted by Gasteiger charge is 2.10. The van der Waals surface area contributed by atoms with Crippen molar-refractivity contribution in [3.05, 3.63) is 28.8 Å². The van der Waals surface area contributed by atoms with E-state index >= 15 is 0 Å². The fourth-order valence-corrected chi connectivity index (χ4v) is 1.91. The smallest absolute Gasteiger partial charge is 0.122 e.